The van der Waals surface area contributed by atoms with Crippen LogP contribution >= 0.6 is 23.8 Å². The molecule has 0 radical (unpaired) electrons. The average molecular weight is 427 g/mol. The van der Waals surface area contributed by atoms with Crippen LogP contribution < -0.4 is 10.2 Å². The molecule has 1 aromatic heterocycles. The minimum Gasteiger partial charge on any atom is -0.457 e. The van der Waals surface area contributed by atoms with Crippen LogP contribution in [0.4, 0.5) is 10.1 Å². The lowest BCUT2D eigenvalue weighted by Crippen LogP contribution is -2.54. The van der Waals surface area contributed by atoms with E-state index < -0.39 is 11.8 Å². The van der Waals surface area contributed by atoms with Crippen LogP contribution in [0.5, 0.6) is 0 Å². The van der Waals surface area contributed by atoms with Gasteiger partial charge in [-0.1, -0.05) is 11.6 Å². The third kappa shape index (κ3) is 3.83. The molecule has 1 N–H and O–H groups in total. The van der Waals surface area contributed by atoms with Gasteiger partial charge in [-0.05, 0) is 79.0 Å². The van der Waals surface area contributed by atoms with Crippen molar-refractivity contribution in [3.05, 3.63) is 82.8 Å². The molecule has 1 fully saturated rings. The van der Waals surface area contributed by atoms with E-state index in [1.807, 2.05) is 0 Å². The molecule has 0 spiro atoms. The Labute approximate surface area is 175 Å². The second-order valence-corrected chi connectivity index (χ2v) is 6.97. The molecular weight excluding hydrogens is 415 g/mol. The van der Waals surface area contributed by atoms with Crippen LogP contribution in [0.25, 0.3) is 17.4 Å². The Morgan fingerprint density at radius 3 is 2.38 bits per heavy atom. The molecule has 2 heterocycles. The molecule has 5 nitrogen and oxygen atoms in total. The molecule has 1 aliphatic rings. The largest absolute Gasteiger partial charge is 0.457 e. The standard InChI is InChI=1S/C21H12ClFN2O3S/c22-13-3-7-15(8-4-13)25-20(27)17(19(26)24-21(25)29)11-16-9-10-18(28-16)12-1-5-14(23)6-2-12/h1-11H,(H,24,26,29)/b17-11+. The molecule has 1 saturated heterocycles. The summed E-state index contributed by atoms with van der Waals surface area (Å²) in [6.45, 7) is 0. The first-order valence-electron chi connectivity index (χ1n) is 8.45. The Balaban J connectivity index is 1.66. The van der Waals surface area contributed by atoms with Crippen LogP contribution in [0.1, 0.15) is 5.76 Å². The van der Waals surface area contributed by atoms with Crippen LogP contribution in [0.15, 0.2) is 70.7 Å². The minimum atomic E-state index is -0.620. The number of thiocarbonyl (C=S) groups is 1. The zero-order valence-corrected chi connectivity index (χ0v) is 16.3. The van der Waals surface area contributed by atoms with Gasteiger partial charge in [-0.2, -0.15) is 0 Å². The van der Waals surface area contributed by atoms with E-state index >= 15 is 0 Å². The average Bonchev–Trinajstić information content (AvgIpc) is 3.16. The highest BCUT2D eigenvalue weighted by molar-refractivity contribution is 7.80. The summed E-state index contributed by atoms with van der Waals surface area (Å²) in [7, 11) is 0. The summed E-state index contributed by atoms with van der Waals surface area (Å²) < 4.78 is 18.8. The smallest absolute Gasteiger partial charge is 0.270 e. The molecule has 2 aromatic carbocycles. The quantitative estimate of drug-likeness (QED) is 0.378. The van der Waals surface area contributed by atoms with Gasteiger partial charge < -0.3 is 4.42 Å². The molecule has 0 atom stereocenters. The van der Waals surface area contributed by atoms with Gasteiger partial charge in [0, 0.05) is 10.6 Å². The second-order valence-electron chi connectivity index (χ2n) is 6.14. The van der Waals surface area contributed by atoms with Crippen molar-refractivity contribution in [2.75, 3.05) is 4.90 Å². The van der Waals surface area contributed by atoms with Gasteiger partial charge in [0.15, 0.2) is 5.11 Å². The van der Waals surface area contributed by atoms with E-state index in [4.69, 9.17) is 28.2 Å². The summed E-state index contributed by atoms with van der Waals surface area (Å²) >= 11 is 11.0. The molecular formula is C21H12ClFN2O3S. The van der Waals surface area contributed by atoms with E-state index in [9.17, 15) is 14.0 Å². The van der Waals surface area contributed by atoms with E-state index in [2.05, 4.69) is 5.32 Å². The molecule has 1 aliphatic heterocycles. The number of hydrogen-bond acceptors (Lipinski definition) is 4. The van der Waals surface area contributed by atoms with E-state index in [0.717, 1.165) is 0 Å². The summed E-state index contributed by atoms with van der Waals surface area (Å²) in [5.74, 6) is -0.784. The summed E-state index contributed by atoms with van der Waals surface area (Å²) in [5, 5.41) is 2.99. The number of hydrogen-bond donors (Lipinski definition) is 1. The molecule has 144 valence electrons. The summed E-state index contributed by atoms with van der Waals surface area (Å²) in [6.07, 6.45) is 1.34. The number of nitrogens with zero attached hydrogens (tertiary/aromatic N) is 1. The van der Waals surface area contributed by atoms with Gasteiger partial charge in [0.1, 0.15) is 22.9 Å². The molecule has 0 saturated carbocycles. The van der Waals surface area contributed by atoms with Crippen LogP contribution in [0, 0.1) is 5.82 Å². The second kappa shape index (κ2) is 7.62. The first kappa shape index (κ1) is 19.0. The molecule has 4 rings (SSSR count). The first-order chi connectivity index (χ1) is 13.9. The van der Waals surface area contributed by atoms with Crippen LogP contribution in [0.2, 0.25) is 5.02 Å². The Morgan fingerprint density at radius 2 is 1.69 bits per heavy atom. The van der Waals surface area contributed by atoms with Gasteiger partial charge in [0.2, 0.25) is 0 Å². The highest BCUT2D eigenvalue weighted by Gasteiger charge is 2.34. The third-order valence-electron chi connectivity index (χ3n) is 4.23. The number of halogens is 2. The monoisotopic (exact) mass is 426 g/mol. The molecule has 0 aliphatic carbocycles. The van der Waals surface area contributed by atoms with Crippen molar-refractivity contribution in [3.63, 3.8) is 0 Å². The molecule has 29 heavy (non-hydrogen) atoms. The fourth-order valence-corrected chi connectivity index (χ4v) is 3.23. The Bertz CT molecular complexity index is 1150. The van der Waals surface area contributed by atoms with Crippen LogP contribution in [0.3, 0.4) is 0 Å². The number of amides is 2. The topological polar surface area (TPSA) is 62.6 Å². The Morgan fingerprint density at radius 1 is 1.00 bits per heavy atom. The van der Waals surface area contributed by atoms with Crippen molar-refractivity contribution in [1.82, 2.24) is 5.32 Å². The number of carbonyl (C=O) groups excluding carboxylic acids is 2. The number of benzene rings is 2. The SMILES string of the molecule is O=C1NC(=S)N(c2ccc(Cl)cc2)C(=O)/C1=C/c1ccc(-c2ccc(F)cc2)o1. The molecule has 3 aromatic rings. The normalized spacial score (nSPS) is 15.7. The lowest BCUT2D eigenvalue weighted by atomic mass is 10.1. The van der Waals surface area contributed by atoms with Crippen molar-refractivity contribution in [3.8, 4) is 11.3 Å². The summed E-state index contributed by atoms with van der Waals surface area (Å²) in [4.78, 5) is 26.5. The first-order valence-corrected chi connectivity index (χ1v) is 9.24. The predicted molar refractivity (Wildman–Crippen MR) is 112 cm³/mol. The predicted octanol–water partition coefficient (Wildman–Crippen LogP) is 4.57. The van der Waals surface area contributed by atoms with Crippen LogP contribution in [-0.4, -0.2) is 16.9 Å². The maximum Gasteiger partial charge on any atom is 0.270 e. The maximum atomic E-state index is 13.1. The van der Waals surface area contributed by atoms with Crippen molar-refractivity contribution in [2.45, 2.75) is 0 Å². The van der Waals surface area contributed by atoms with Crippen molar-refractivity contribution in [1.29, 1.82) is 0 Å². The lowest BCUT2D eigenvalue weighted by Gasteiger charge is -2.28. The Kier molecular flexibility index (Phi) is 5.00. The fourth-order valence-electron chi connectivity index (χ4n) is 2.82. The van der Waals surface area contributed by atoms with Crippen molar-refractivity contribution < 1.29 is 18.4 Å². The molecule has 0 unspecified atom stereocenters. The van der Waals surface area contributed by atoms with Crippen molar-refractivity contribution >= 4 is 52.5 Å². The third-order valence-corrected chi connectivity index (χ3v) is 4.77. The van der Waals surface area contributed by atoms with E-state index in [-0.39, 0.29) is 16.5 Å². The summed E-state index contributed by atoms with van der Waals surface area (Å²) in [5.41, 5.74) is 1.01. The van der Waals surface area contributed by atoms with E-state index in [0.29, 0.717) is 27.8 Å². The number of anilines is 1. The zero-order valence-electron chi connectivity index (χ0n) is 14.7. The number of carbonyl (C=O) groups is 2. The highest BCUT2D eigenvalue weighted by Crippen LogP contribution is 2.26. The van der Waals surface area contributed by atoms with Gasteiger partial charge in [0.25, 0.3) is 11.8 Å². The maximum absolute atomic E-state index is 13.1. The number of furan rings is 1. The lowest BCUT2D eigenvalue weighted by molar-refractivity contribution is -0.122. The van der Waals surface area contributed by atoms with Gasteiger partial charge >= 0.3 is 0 Å². The highest BCUT2D eigenvalue weighted by atomic mass is 35.5. The molecule has 2 amide bonds. The fraction of sp³-hybridized carbons (Fsp3) is 0. The molecule has 0 bridgehead atoms. The van der Waals surface area contributed by atoms with Gasteiger partial charge in [-0.15, -0.1) is 0 Å². The Hall–Kier alpha value is -3.29. The van der Waals surface area contributed by atoms with Gasteiger partial charge in [-0.3, -0.25) is 19.8 Å². The van der Waals surface area contributed by atoms with Gasteiger partial charge in [-0.25, -0.2) is 4.39 Å². The number of rotatable bonds is 3. The number of nitrogens with one attached hydrogen (secondary N) is 1. The van der Waals surface area contributed by atoms with Crippen molar-refractivity contribution in [2.24, 2.45) is 0 Å². The van der Waals surface area contributed by atoms with E-state index in [1.54, 1.807) is 48.5 Å². The van der Waals surface area contributed by atoms with E-state index in [1.165, 1.54) is 23.1 Å². The molecule has 8 heteroatoms. The van der Waals surface area contributed by atoms with Gasteiger partial charge in [0.05, 0.1) is 5.69 Å². The minimum absolute atomic E-state index is 0.0223. The zero-order chi connectivity index (χ0) is 20.5. The van der Waals surface area contributed by atoms with Crippen LogP contribution in [-0.2, 0) is 9.59 Å². The summed E-state index contributed by atoms with van der Waals surface area (Å²) in [6, 6.07) is 15.6.